The Hall–Kier alpha value is -2.07. The molecule has 0 aliphatic carbocycles. The van der Waals surface area contributed by atoms with Crippen molar-refractivity contribution in [1.29, 1.82) is 0 Å². The molecule has 0 saturated heterocycles. The van der Waals surface area contributed by atoms with Gasteiger partial charge >= 0.3 is 0 Å². The normalized spacial score (nSPS) is 13.0. The van der Waals surface area contributed by atoms with Crippen LogP contribution < -0.4 is 0 Å². The topological polar surface area (TPSA) is 34.9 Å². The van der Waals surface area contributed by atoms with Gasteiger partial charge in [0.1, 0.15) is 0 Å². The summed E-state index contributed by atoms with van der Waals surface area (Å²) in [5.41, 5.74) is 5.37. The Morgan fingerprint density at radius 3 is 2.24 bits per heavy atom. The zero-order valence-electron chi connectivity index (χ0n) is 18.6. The van der Waals surface area contributed by atoms with Crippen LogP contribution >= 0.6 is 11.8 Å². The molecule has 0 saturated carbocycles. The van der Waals surface area contributed by atoms with Gasteiger partial charge in [0.05, 0.1) is 16.3 Å². The predicted molar refractivity (Wildman–Crippen MR) is 124 cm³/mol. The largest absolute Gasteiger partial charge is 0.316 e. The van der Waals surface area contributed by atoms with E-state index >= 15 is 0 Å². The van der Waals surface area contributed by atoms with E-state index in [1.54, 1.807) is 11.8 Å². The SMILES string of the molecule is CC(Sc1nc2ccccc2n1C(C)C)C(=O)c1ccc(C(C)C)cc1C(C)C. The first kappa shape index (κ1) is 21.6. The minimum atomic E-state index is -0.202. The Morgan fingerprint density at radius 1 is 0.931 bits per heavy atom. The van der Waals surface area contributed by atoms with Crippen molar-refractivity contribution in [2.24, 2.45) is 0 Å². The molecular formula is C25H32N2OS. The van der Waals surface area contributed by atoms with Crippen LogP contribution in [-0.2, 0) is 0 Å². The van der Waals surface area contributed by atoms with Crippen molar-refractivity contribution >= 4 is 28.6 Å². The highest BCUT2D eigenvalue weighted by Gasteiger charge is 2.24. The standard InChI is InChI=1S/C25H32N2OS/c1-15(2)19-12-13-20(21(14-19)16(3)4)24(28)18(7)29-25-26-22-10-8-9-11-23(22)27(25)17(5)6/h8-18H,1-7H3. The van der Waals surface area contributed by atoms with Crippen LogP contribution in [0.3, 0.4) is 0 Å². The molecule has 154 valence electrons. The number of Topliss-reactive ketones (excluding diaryl/α,β-unsaturated/α-hetero) is 1. The molecule has 29 heavy (non-hydrogen) atoms. The molecule has 0 spiro atoms. The lowest BCUT2D eigenvalue weighted by molar-refractivity contribution is 0.0992. The number of rotatable bonds is 7. The van der Waals surface area contributed by atoms with Gasteiger partial charge in [0.15, 0.2) is 10.9 Å². The van der Waals surface area contributed by atoms with Crippen molar-refractivity contribution < 1.29 is 4.79 Å². The molecule has 1 atom stereocenters. The minimum absolute atomic E-state index is 0.177. The number of carbonyl (C=O) groups is 1. The van der Waals surface area contributed by atoms with E-state index in [1.807, 2.05) is 31.2 Å². The summed E-state index contributed by atoms with van der Waals surface area (Å²) in [7, 11) is 0. The minimum Gasteiger partial charge on any atom is -0.316 e. The van der Waals surface area contributed by atoms with Gasteiger partial charge in [-0.05, 0) is 55.9 Å². The van der Waals surface area contributed by atoms with Crippen molar-refractivity contribution in [3.63, 3.8) is 0 Å². The molecule has 4 heteroatoms. The van der Waals surface area contributed by atoms with Gasteiger partial charge in [-0.25, -0.2) is 4.98 Å². The van der Waals surface area contributed by atoms with Crippen LogP contribution in [0.5, 0.6) is 0 Å². The van der Waals surface area contributed by atoms with Crippen LogP contribution in [0.15, 0.2) is 47.6 Å². The number of fused-ring (bicyclic) bond motifs is 1. The Balaban J connectivity index is 1.94. The Bertz CT molecular complexity index is 1020. The van der Waals surface area contributed by atoms with E-state index in [1.165, 1.54) is 5.56 Å². The summed E-state index contributed by atoms with van der Waals surface area (Å²) in [6, 6.07) is 14.8. The summed E-state index contributed by atoms with van der Waals surface area (Å²) in [6.45, 7) is 15.0. The summed E-state index contributed by atoms with van der Waals surface area (Å²) in [4.78, 5) is 18.2. The number of aromatic nitrogens is 2. The maximum Gasteiger partial charge on any atom is 0.176 e. The van der Waals surface area contributed by atoms with Crippen molar-refractivity contribution in [1.82, 2.24) is 9.55 Å². The molecule has 3 nitrogen and oxygen atoms in total. The molecule has 0 bridgehead atoms. The number of hydrogen-bond acceptors (Lipinski definition) is 3. The lowest BCUT2D eigenvalue weighted by Gasteiger charge is -2.19. The first-order chi connectivity index (χ1) is 13.7. The third kappa shape index (κ3) is 4.42. The van der Waals surface area contributed by atoms with Gasteiger partial charge in [-0.3, -0.25) is 4.79 Å². The zero-order chi connectivity index (χ0) is 21.3. The zero-order valence-corrected chi connectivity index (χ0v) is 19.4. The molecule has 0 fully saturated rings. The lowest BCUT2D eigenvalue weighted by atomic mass is 9.89. The fourth-order valence-electron chi connectivity index (χ4n) is 3.68. The molecule has 0 aliphatic heterocycles. The van der Waals surface area contributed by atoms with Crippen LogP contribution in [0.1, 0.15) is 87.8 Å². The first-order valence-corrected chi connectivity index (χ1v) is 11.4. The number of imidazole rings is 1. The third-order valence-electron chi connectivity index (χ3n) is 5.36. The highest BCUT2D eigenvalue weighted by molar-refractivity contribution is 8.00. The van der Waals surface area contributed by atoms with Crippen molar-refractivity contribution in [3.8, 4) is 0 Å². The van der Waals surface area contributed by atoms with Crippen LogP contribution in [-0.4, -0.2) is 20.6 Å². The molecule has 0 aliphatic rings. The molecule has 0 radical (unpaired) electrons. The van der Waals surface area contributed by atoms with Crippen LogP contribution in [0, 0.1) is 0 Å². The number of benzene rings is 2. The Kier molecular flexibility index (Phi) is 6.52. The second-order valence-electron chi connectivity index (χ2n) is 8.63. The van der Waals surface area contributed by atoms with E-state index in [2.05, 4.69) is 64.3 Å². The van der Waals surface area contributed by atoms with Gasteiger partial charge in [0.2, 0.25) is 0 Å². The number of nitrogens with zero attached hydrogens (tertiary/aromatic N) is 2. The number of hydrogen-bond donors (Lipinski definition) is 0. The van der Waals surface area contributed by atoms with Gasteiger partial charge < -0.3 is 4.57 Å². The van der Waals surface area contributed by atoms with Gasteiger partial charge in [0.25, 0.3) is 0 Å². The molecule has 0 N–H and O–H groups in total. The summed E-state index contributed by atoms with van der Waals surface area (Å²) in [5.74, 6) is 0.941. The maximum absolute atomic E-state index is 13.4. The first-order valence-electron chi connectivity index (χ1n) is 10.5. The number of para-hydroxylation sites is 2. The van der Waals surface area contributed by atoms with E-state index in [0.717, 1.165) is 27.3 Å². The highest BCUT2D eigenvalue weighted by Crippen LogP contribution is 2.33. The number of ketones is 1. The molecule has 1 unspecified atom stereocenters. The van der Waals surface area contributed by atoms with E-state index in [9.17, 15) is 4.79 Å². The third-order valence-corrected chi connectivity index (χ3v) is 6.43. The molecule has 0 amide bonds. The molecule has 1 aromatic heterocycles. The van der Waals surface area contributed by atoms with Crippen molar-refractivity contribution in [3.05, 3.63) is 59.2 Å². The summed E-state index contributed by atoms with van der Waals surface area (Å²) >= 11 is 1.56. The van der Waals surface area contributed by atoms with Gasteiger partial charge in [-0.15, -0.1) is 0 Å². The molecule has 2 aromatic carbocycles. The second kappa shape index (κ2) is 8.74. The van der Waals surface area contributed by atoms with Crippen LogP contribution in [0.4, 0.5) is 0 Å². The average molecular weight is 409 g/mol. The van der Waals surface area contributed by atoms with E-state index in [0.29, 0.717) is 11.8 Å². The fraction of sp³-hybridized carbons (Fsp3) is 0.440. The fourth-order valence-corrected chi connectivity index (χ4v) is 4.80. The quantitative estimate of drug-likeness (QED) is 0.305. The molecular weight excluding hydrogens is 376 g/mol. The number of thioether (sulfide) groups is 1. The van der Waals surface area contributed by atoms with Gasteiger partial charge in [-0.2, -0.15) is 0 Å². The Labute approximate surface area is 178 Å². The van der Waals surface area contributed by atoms with Crippen molar-refractivity contribution in [2.45, 2.75) is 76.8 Å². The Morgan fingerprint density at radius 2 is 1.62 bits per heavy atom. The monoisotopic (exact) mass is 408 g/mol. The van der Waals surface area contributed by atoms with Gasteiger partial charge in [-0.1, -0.05) is 69.8 Å². The van der Waals surface area contributed by atoms with E-state index in [-0.39, 0.29) is 17.1 Å². The molecule has 1 heterocycles. The summed E-state index contributed by atoms with van der Waals surface area (Å²) < 4.78 is 2.23. The maximum atomic E-state index is 13.4. The predicted octanol–water partition coefficient (Wildman–Crippen LogP) is 7.23. The average Bonchev–Trinajstić information content (AvgIpc) is 3.04. The summed E-state index contributed by atoms with van der Waals surface area (Å²) in [6.07, 6.45) is 0. The van der Waals surface area contributed by atoms with E-state index in [4.69, 9.17) is 4.98 Å². The van der Waals surface area contributed by atoms with Crippen LogP contribution in [0.25, 0.3) is 11.0 Å². The smallest absolute Gasteiger partial charge is 0.176 e. The van der Waals surface area contributed by atoms with Crippen LogP contribution in [0.2, 0.25) is 0 Å². The summed E-state index contributed by atoms with van der Waals surface area (Å²) in [5, 5.41) is 0.707. The second-order valence-corrected chi connectivity index (χ2v) is 9.94. The molecule has 3 rings (SSSR count). The molecule has 3 aromatic rings. The lowest BCUT2D eigenvalue weighted by Crippen LogP contribution is -2.17. The van der Waals surface area contributed by atoms with E-state index < -0.39 is 0 Å². The number of carbonyl (C=O) groups excluding carboxylic acids is 1. The van der Waals surface area contributed by atoms with Crippen molar-refractivity contribution in [2.75, 3.05) is 0 Å². The highest BCUT2D eigenvalue weighted by atomic mass is 32.2. The van der Waals surface area contributed by atoms with Gasteiger partial charge in [0, 0.05) is 11.6 Å².